The summed E-state index contributed by atoms with van der Waals surface area (Å²) >= 11 is 1.37. The third kappa shape index (κ3) is 5.24. The fourth-order valence-electron chi connectivity index (χ4n) is 6.22. The number of hydrogen-bond acceptors (Lipinski definition) is 8. The zero-order valence-electron chi connectivity index (χ0n) is 26.4. The average molecular weight is 669 g/mol. The Labute approximate surface area is 277 Å². The smallest absolute Gasteiger partial charge is 0.274 e. The minimum Gasteiger partial charge on any atom is -0.490 e. The molecule has 0 unspecified atom stereocenters. The molecule has 0 saturated carbocycles. The third-order valence-corrected chi connectivity index (χ3v) is 9.53. The first kappa shape index (κ1) is 31.3. The quantitative estimate of drug-likeness (QED) is 0.142. The number of nitrogens with zero attached hydrogens (tertiary/aromatic N) is 6. The summed E-state index contributed by atoms with van der Waals surface area (Å²) in [5.41, 5.74) is 2.92. The van der Waals surface area contributed by atoms with Crippen LogP contribution in [0.3, 0.4) is 0 Å². The number of benzene rings is 2. The maximum Gasteiger partial charge on any atom is 0.274 e. The fourth-order valence-corrected chi connectivity index (χ4v) is 7.17. The molecule has 0 N–H and O–H groups in total. The van der Waals surface area contributed by atoms with Gasteiger partial charge in [-0.2, -0.15) is 10.2 Å². The Balaban J connectivity index is 1.52. The maximum atomic E-state index is 16.1. The number of rotatable bonds is 8. The van der Waals surface area contributed by atoms with Crippen LogP contribution in [0.5, 0.6) is 5.75 Å². The highest BCUT2D eigenvalue weighted by Gasteiger charge is 2.31. The van der Waals surface area contributed by atoms with Crippen molar-refractivity contribution in [1.82, 2.24) is 29.4 Å². The Morgan fingerprint density at radius 1 is 1.08 bits per heavy atom. The minimum absolute atomic E-state index is 0.00292. The van der Waals surface area contributed by atoms with Gasteiger partial charge in [-0.15, -0.1) is 11.3 Å². The van der Waals surface area contributed by atoms with Gasteiger partial charge in [-0.1, -0.05) is 18.7 Å². The molecule has 6 aromatic rings. The first-order valence-corrected chi connectivity index (χ1v) is 16.1. The Kier molecular flexibility index (Phi) is 8.09. The lowest BCUT2D eigenvalue weighted by atomic mass is 9.96. The van der Waals surface area contributed by atoms with Crippen molar-refractivity contribution in [2.24, 2.45) is 7.05 Å². The number of carbonyl (C=O) groups excluding carboxylic acids is 1. The lowest BCUT2D eigenvalue weighted by molar-refractivity contribution is -0.129. The molecule has 4 aromatic heterocycles. The van der Waals surface area contributed by atoms with E-state index in [1.165, 1.54) is 29.2 Å². The number of halogens is 2. The van der Waals surface area contributed by atoms with Gasteiger partial charge in [0.05, 0.1) is 47.7 Å². The van der Waals surface area contributed by atoms with Gasteiger partial charge in [0, 0.05) is 59.4 Å². The number of ether oxygens (including phenoxy) is 2. The van der Waals surface area contributed by atoms with Gasteiger partial charge < -0.3 is 14.4 Å². The number of amides is 1. The summed E-state index contributed by atoms with van der Waals surface area (Å²) in [6.45, 7) is 6.68. The van der Waals surface area contributed by atoms with Crippen molar-refractivity contribution in [3.63, 3.8) is 0 Å². The van der Waals surface area contributed by atoms with Crippen LogP contribution < -0.4 is 10.3 Å². The van der Waals surface area contributed by atoms with Crippen LogP contribution >= 0.6 is 11.3 Å². The molecular weight excluding hydrogens is 638 g/mol. The van der Waals surface area contributed by atoms with Gasteiger partial charge in [0.1, 0.15) is 35.4 Å². The van der Waals surface area contributed by atoms with Crippen LogP contribution in [0.15, 0.2) is 71.5 Å². The first-order valence-electron chi connectivity index (χ1n) is 15.2. The van der Waals surface area contributed by atoms with Crippen LogP contribution in [0, 0.1) is 11.6 Å². The summed E-state index contributed by atoms with van der Waals surface area (Å²) in [6.07, 6.45) is 2.91. The standard InChI is InChI=1S/C35H30F2N6O4S/c1-5-29(44)42-9-10-43-27(19(42)2)17-26(40-43)33-31(30-25(37)15-22(36)16-28(30)47-12-11-46-4)34-23(8-13-48-34)32(39-33)20-6-7-21-18-38-41(3)35(45)24(21)14-20/h5-8,13-19H,1,9-12H2,2-4H3/t19-/m0/s1. The molecule has 5 heterocycles. The van der Waals surface area contributed by atoms with E-state index in [0.717, 1.165) is 17.8 Å². The number of fused-ring (bicyclic) bond motifs is 3. The monoisotopic (exact) mass is 668 g/mol. The number of methoxy groups -OCH3 is 1. The fraction of sp³-hybridized carbons (Fsp3) is 0.229. The molecule has 0 aliphatic carbocycles. The van der Waals surface area contributed by atoms with Crippen molar-refractivity contribution in [3.05, 3.63) is 94.4 Å². The summed E-state index contributed by atoms with van der Waals surface area (Å²) in [5, 5.41) is 12.8. The summed E-state index contributed by atoms with van der Waals surface area (Å²) in [4.78, 5) is 32.5. The normalized spacial score (nSPS) is 14.4. The first-order chi connectivity index (χ1) is 23.2. The van der Waals surface area contributed by atoms with E-state index in [2.05, 4.69) is 11.7 Å². The molecule has 2 aromatic carbocycles. The van der Waals surface area contributed by atoms with Crippen molar-refractivity contribution in [1.29, 1.82) is 0 Å². The Morgan fingerprint density at radius 3 is 2.71 bits per heavy atom. The third-order valence-electron chi connectivity index (χ3n) is 8.60. The van der Waals surface area contributed by atoms with Crippen molar-refractivity contribution < 1.29 is 23.0 Å². The lowest BCUT2D eigenvalue weighted by Crippen LogP contribution is -2.40. The molecule has 48 heavy (non-hydrogen) atoms. The molecule has 10 nitrogen and oxygen atoms in total. The van der Waals surface area contributed by atoms with Gasteiger partial charge in [-0.25, -0.2) is 18.4 Å². The molecule has 1 atom stereocenters. The van der Waals surface area contributed by atoms with Crippen molar-refractivity contribution >= 4 is 38.1 Å². The van der Waals surface area contributed by atoms with Crippen molar-refractivity contribution in [2.75, 3.05) is 26.9 Å². The second-order valence-corrected chi connectivity index (χ2v) is 12.3. The van der Waals surface area contributed by atoms with Crippen LogP contribution in [-0.2, 0) is 23.1 Å². The van der Waals surface area contributed by atoms with E-state index in [-0.39, 0.29) is 42.0 Å². The van der Waals surface area contributed by atoms with Gasteiger partial charge in [-0.3, -0.25) is 14.3 Å². The number of carbonyl (C=O) groups is 1. The highest BCUT2D eigenvalue weighted by atomic mass is 32.1. The molecule has 1 aliphatic heterocycles. The highest BCUT2D eigenvalue weighted by molar-refractivity contribution is 7.18. The number of aromatic nitrogens is 5. The van der Waals surface area contributed by atoms with E-state index in [0.29, 0.717) is 62.2 Å². The molecule has 244 valence electrons. The molecule has 0 saturated heterocycles. The molecule has 0 fully saturated rings. The SMILES string of the molecule is C=CC(=O)N1CCn2nc(-c3nc(-c4ccc5cnn(C)c(=O)c5c4)c4ccsc4c3-c3c(F)cc(F)cc3OCCOC)cc2[C@@H]1C. The lowest BCUT2D eigenvalue weighted by Gasteiger charge is -2.33. The number of pyridine rings is 1. The molecule has 7 rings (SSSR count). The minimum atomic E-state index is -0.824. The van der Waals surface area contributed by atoms with Crippen LogP contribution in [0.25, 0.3) is 54.6 Å². The highest BCUT2D eigenvalue weighted by Crippen LogP contribution is 2.47. The van der Waals surface area contributed by atoms with E-state index >= 15 is 4.39 Å². The van der Waals surface area contributed by atoms with Crippen molar-refractivity contribution in [3.8, 4) is 39.5 Å². The van der Waals surface area contributed by atoms with Crippen molar-refractivity contribution in [2.45, 2.75) is 19.5 Å². The second-order valence-electron chi connectivity index (χ2n) is 11.4. The van der Waals surface area contributed by atoms with E-state index in [9.17, 15) is 14.0 Å². The summed E-state index contributed by atoms with van der Waals surface area (Å²) in [5.74, 6) is -1.81. The summed E-state index contributed by atoms with van der Waals surface area (Å²) < 4.78 is 45.5. The number of thiophene rings is 1. The van der Waals surface area contributed by atoms with Crippen LogP contribution in [-0.4, -0.2) is 62.2 Å². The summed E-state index contributed by atoms with van der Waals surface area (Å²) in [7, 11) is 3.10. The van der Waals surface area contributed by atoms with Gasteiger partial charge >= 0.3 is 0 Å². The average Bonchev–Trinajstić information content (AvgIpc) is 3.74. The zero-order valence-corrected chi connectivity index (χ0v) is 27.2. The molecule has 1 amide bonds. The molecular formula is C35H30F2N6O4S. The van der Waals surface area contributed by atoms with Gasteiger partial charge in [0.25, 0.3) is 5.56 Å². The van der Waals surface area contributed by atoms with Crippen LogP contribution in [0.4, 0.5) is 8.78 Å². The topological polar surface area (TPSA) is 104 Å². The van der Waals surface area contributed by atoms with E-state index < -0.39 is 11.6 Å². The Morgan fingerprint density at radius 2 is 1.92 bits per heavy atom. The Bertz CT molecular complexity index is 2310. The molecule has 1 aliphatic rings. The predicted molar refractivity (Wildman–Crippen MR) is 180 cm³/mol. The van der Waals surface area contributed by atoms with E-state index in [4.69, 9.17) is 19.6 Å². The largest absolute Gasteiger partial charge is 0.490 e. The Hall–Kier alpha value is -5.27. The van der Waals surface area contributed by atoms with E-state index in [1.807, 2.05) is 41.3 Å². The van der Waals surface area contributed by atoms with E-state index in [1.54, 1.807) is 24.2 Å². The molecule has 0 spiro atoms. The number of hydrogen-bond donors (Lipinski definition) is 0. The molecule has 13 heteroatoms. The van der Waals surface area contributed by atoms with Gasteiger partial charge in [-0.05, 0) is 36.6 Å². The molecule has 0 bridgehead atoms. The summed E-state index contributed by atoms with van der Waals surface area (Å²) in [6, 6.07) is 10.8. The second kappa shape index (κ2) is 12.4. The van der Waals surface area contributed by atoms with Crippen LogP contribution in [0.1, 0.15) is 18.7 Å². The predicted octanol–water partition coefficient (Wildman–Crippen LogP) is 6.13. The van der Waals surface area contributed by atoms with Gasteiger partial charge in [0.2, 0.25) is 5.91 Å². The van der Waals surface area contributed by atoms with Gasteiger partial charge in [0.15, 0.2) is 0 Å². The van der Waals surface area contributed by atoms with Crippen LogP contribution in [0.2, 0.25) is 0 Å². The number of aryl methyl sites for hydroxylation is 1. The molecule has 0 radical (unpaired) electrons. The zero-order chi connectivity index (χ0) is 33.7. The maximum absolute atomic E-state index is 16.1.